The molecule has 3 nitrogen and oxygen atoms in total. The summed E-state index contributed by atoms with van der Waals surface area (Å²) in [5, 5.41) is 6.58. The smallest absolute Gasteiger partial charge is 0.0594 e. The maximum absolute atomic E-state index is 4.23. The van der Waals surface area contributed by atoms with Crippen molar-refractivity contribution >= 4 is 5.69 Å². The number of rotatable bonds is 3. The molecule has 2 N–H and O–H groups in total. The van der Waals surface area contributed by atoms with E-state index < -0.39 is 0 Å². The summed E-state index contributed by atoms with van der Waals surface area (Å²) in [5.41, 5.74) is 2.18. The zero-order valence-electron chi connectivity index (χ0n) is 13.9. The van der Waals surface area contributed by atoms with Gasteiger partial charge in [0.1, 0.15) is 0 Å². The third kappa shape index (κ3) is 8.42. The van der Waals surface area contributed by atoms with Gasteiger partial charge in [0.25, 0.3) is 0 Å². The summed E-state index contributed by atoms with van der Waals surface area (Å²) in [6, 6.07) is 16.1. The minimum atomic E-state index is 0.769. The summed E-state index contributed by atoms with van der Waals surface area (Å²) in [7, 11) is 0. The number of para-hydroxylation sites is 1. The number of benzene rings is 1. The van der Waals surface area contributed by atoms with Gasteiger partial charge in [-0.25, -0.2) is 0 Å². The van der Waals surface area contributed by atoms with Crippen LogP contribution in [0.5, 0.6) is 0 Å². The van der Waals surface area contributed by atoms with Gasteiger partial charge >= 0.3 is 0 Å². The molecule has 3 heteroatoms. The molecule has 1 aliphatic rings. The van der Waals surface area contributed by atoms with E-state index in [2.05, 4.69) is 15.6 Å². The number of piperidine rings is 1. The lowest BCUT2D eigenvalue weighted by atomic mass is 10.2. The number of anilines is 1. The highest BCUT2D eigenvalue weighted by Crippen LogP contribution is 2.06. The average molecular weight is 299 g/mol. The summed E-state index contributed by atoms with van der Waals surface area (Å²) in [6.45, 7) is 7.27. The van der Waals surface area contributed by atoms with E-state index in [-0.39, 0.29) is 0 Å². The molecule has 0 unspecified atom stereocenters. The first kappa shape index (κ1) is 18.2. The van der Waals surface area contributed by atoms with Gasteiger partial charge < -0.3 is 10.6 Å². The van der Waals surface area contributed by atoms with Crippen LogP contribution in [0.4, 0.5) is 5.69 Å². The Bertz CT molecular complexity index is 402. The highest BCUT2D eigenvalue weighted by Gasteiger charge is 1.94. The Balaban J connectivity index is 0.000000253. The summed E-state index contributed by atoms with van der Waals surface area (Å²) >= 11 is 0. The second-order valence-corrected chi connectivity index (χ2v) is 4.85. The molecule has 1 aromatic heterocycles. The fourth-order valence-corrected chi connectivity index (χ4v) is 2.05. The molecule has 0 atom stereocenters. The SMILES string of the molecule is C1CCNCC1.CC.c1ccc(NCc2ccccn2)cc1. The normalized spacial score (nSPS) is 13.0. The van der Waals surface area contributed by atoms with E-state index in [0.29, 0.717) is 0 Å². The van der Waals surface area contributed by atoms with E-state index in [4.69, 9.17) is 0 Å². The number of hydrogen-bond acceptors (Lipinski definition) is 3. The fourth-order valence-electron chi connectivity index (χ4n) is 2.05. The molecule has 2 heterocycles. The Morgan fingerprint density at radius 1 is 0.909 bits per heavy atom. The summed E-state index contributed by atoms with van der Waals surface area (Å²) in [5.74, 6) is 0. The maximum Gasteiger partial charge on any atom is 0.0594 e. The van der Waals surface area contributed by atoms with Crippen molar-refractivity contribution in [2.24, 2.45) is 0 Å². The zero-order chi connectivity index (χ0) is 15.9. The Labute approximate surface area is 135 Å². The standard InChI is InChI=1S/C12H12N2.C5H11N.C2H6/c1-2-6-11(7-3-1)14-10-12-8-4-5-9-13-12;1-2-4-6-5-3-1;1-2/h1-9,14H,10H2;6H,1-5H2;1-2H3. The van der Waals surface area contributed by atoms with Crippen LogP contribution >= 0.6 is 0 Å². The van der Waals surface area contributed by atoms with E-state index >= 15 is 0 Å². The molecule has 0 aliphatic carbocycles. The molecule has 3 rings (SSSR count). The van der Waals surface area contributed by atoms with Crippen molar-refractivity contribution in [1.82, 2.24) is 10.3 Å². The monoisotopic (exact) mass is 299 g/mol. The molecule has 1 saturated heterocycles. The molecular formula is C19H29N3. The molecule has 120 valence electrons. The first-order valence-electron chi connectivity index (χ1n) is 8.35. The van der Waals surface area contributed by atoms with Crippen molar-refractivity contribution in [2.45, 2.75) is 39.7 Å². The lowest BCUT2D eigenvalue weighted by Crippen LogP contribution is -2.21. The largest absolute Gasteiger partial charge is 0.379 e. The predicted molar refractivity (Wildman–Crippen MR) is 96.1 cm³/mol. The molecule has 0 bridgehead atoms. The first-order valence-corrected chi connectivity index (χ1v) is 8.35. The minimum Gasteiger partial charge on any atom is -0.379 e. The van der Waals surface area contributed by atoms with Crippen LogP contribution in [0.3, 0.4) is 0 Å². The summed E-state index contributed by atoms with van der Waals surface area (Å²) in [4.78, 5) is 4.23. The number of nitrogens with one attached hydrogen (secondary N) is 2. The van der Waals surface area contributed by atoms with E-state index in [1.165, 1.54) is 32.4 Å². The Morgan fingerprint density at radius 2 is 1.59 bits per heavy atom. The quantitative estimate of drug-likeness (QED) is 0.877. The molecule has 1 aliphatic heterocycles. The molecule has 1 aromatic carbocycles. The fraction of sp³-hybridized carbons (Fsp3) is 0.421. The molecule has 0 amide bonds. The van der Waals surface area contributed by atoms with Crippen LogP contribution in [0.15, 0.2) is 54.7 Å². The van der Waals surface area contributed by atoms with Crippen LogP contribution < -0.4 is 10.6 Å². The highest BCUT2D eigenvalue weighted by molar-refractivity contribution is 5.42. The van der Waals surface area contributed by atoms with Gasteiger partial charge in [-0.2, -0.15) is 0 Å². The minimum absolute atomic E-state index is 0.769. The van der Waals surface area contributed by atoms with Crippen LogP contribution in [0.1, 0.15) is 38.8 Å². The number of pyridine rings is 1. The zero-order valence-corrected chi connectivity index (χ0v) is 13.9. The van der Waals surface area contributed by atoms with Crippen molar-refractivity contribution in [1.29, 1.82) is 0 Å². The van der Waals surface area contributed by atoms with Crippen LogP contribution in [0.2, 0.25) is 0 Å². The van der Waals surface area contributed by atoms with Gasteiger partial charge in [-0.1, -0.05) is 44.5 Å². The number of aromatic nitrogens is 1. The number of nitrogens with zero attached hydrogens (tertiary/aromatic N) is 1. The van der Waals surface area contributed by atoms with Crippen LogP contribution in [-0.4, -0.2) is 18.1 Å². The molecule has 0 spiro atoms. The second-order valence-electron chi connectivity index (χ2n) is 4.85. The molecule has 2 aromatic rings. The predicted octanol–water partition coefficient (Wildman–Crippen LogP) is 4.48. The van der Waals surface area contributed by atoms with Gasteiger partial charge in [0, 0.05) is 11.9 Å². The van der Waals surface area contributed by atoms with Gasteiger partial charge in [0.15, 0.2) is 0 Å². The van der Waals surface area contributed by atoms with Gasteiger partial charge in [0.2, 0.25) is 0 Å². The van der Waals surface area contributed by atoms with Crippen molar-refractivity contribution in [2.75, 3.05) is 18.4 Å². The van der Waals surface area contributed by atoms with E-state index in [1.54, 1.807) is 0 Å². The lowest BCUT2D eigenvalue weighted by molar-refractivity contribution is 0.520. The molecule has 0 saturated carbocycles. The third-order valence-electron chi connectivity index (χ3n) is 3.18. The van der Waals surface area contributed by atoms with Gasteiger partial charge in [0.05, 0.1) is 12.2 Å². The van der Waals surface area contributed by atoms with Gasteiger partial charge in [-0.15, -0.1) is 0 Å². The van der Waals surface area contributed by atoms with E-state index in [0.717, 1.165) is 17.9 Å². The van der Waals surface area contributed by atoms with Crippen molar-refractivity contribution in [3.63, 3.8) is 0 Å². The Kier molecular flexibility index (Phi) is 10.6. The Hall–Kier alpha value is -1.87. The molecule has 22 heavy (non-hydrogen) atoms. The summed E-state index contributed by atoms with van der Waals surface area (Å²) in [6.07, 6.45) is 6.02. The maximum atomic E-state index is 4.23. The third-order valence-corrected chi connectivity index (χ3v) is 3.18. The number of hydrogen-bond donors (Lipinski definition) is 2. The second kappa shape index (κ2) is 12.8. The molecule has 1 fully saturated rings. The van der Waals surface area contributed by atoms with Gasteiger partial charge in [-0.3, -0.25) is 4.98 Å². The summed E-state index contributed by atoms with van der Waals surface area (Å²) < 4.78 is 0. The lowest BCUT2D eigenvalue weighted by Gasteiger charge is -2.08. The van der Waals surface area contributed by atoms with Crippen molar-refractivity contribution in [3.05, 3.63) is 60.4 Å². The van der Waals surface area contributed by atoms with Crippen molar-refractivity contribution < 1.29 is 0 Å². The molecule has 0 radical (unpaired) electrons. The van der Waals surface area contributed by atoms with Crippen LogP contribution in [0, 0.1) is 0 Å². The van der Waals surface area contributed by atoms with Crippen LogP contribution in [-0.2, 0) is 6.54 Å². The van der Waals surface area contributed by atoms with E-state index in [1.807, 2.05) is 68.6 Å². The van der Waals surface area contributed by atoms with E-state index in [9.17, 15) is 0 Å². The average Bonchev–Trinajstić information content (AvgIpc) is 2.65. The highest BCUT2D eigenvalue weighted by atomic mass is 14.9. The first-order chi connectivity index (χ1) is 10.9. The van der Waals surface area contributed by atoms with Crippen LogP contribution in [0.25, 0.3) is 0 Å². The van der Waals surface area contributed by atoms with Gasteiger partial charge in [-0.05, 0) is 50.2 Å². The van der Waals surface area contributed by atoms with Crippen molar-refractivity contribution in [3.8, 4) is 0 Å². The topological polar surface area (TPSA) is 37.0 Å². The molecular weight excluding hydrogens is 270 g/mol. The Morgan fingerprint density at radius 3 is 2.09 bits per heavy atom.